The molecule has 1 aromatic carbocycles. The Balaban J connectivity index is 0. The molecule has 0 saturated heterocycles. The van der Waals surface area contributed by atoms with Gasteiger partial charge in [-0.25, -0.2) is 0 Å². The molecule has 1 rings (SSSR count). The molecule has 0 unspecified atom stereocenters. The van der Waals surface area contributed by atoms with Gasteiger partial charge in [0.15, 0.2) is 0 Å². The minimum atomic E-state index is -0.391. The van der Waals surface area contributed by atoms with Crippen LogP contribution in [0.3, 0.4) is 0 Å². The molecule has 0 bridgehead atoms. The van der Waals surface area contributed by atoms with Crippen LogP contribution >= 0.6 is 0 Å². The second-order valence-electron chi connectivity index (χ2n) is 1.77. The number of nitro groups is 1. The summed E-state index contributed by atoms with van der Waals surface area (Å²) < 4.78 is 1.14. The zero-order valence-electron chi connectivity index (χ0n) is 5.78. The van der Waals surface area contributed by atoms with E-state index in [9.17, 15) is 10.1 Å². The van der Waals surface area contributed by atoms with Gasteiger partial charge in [-0.1, -0.05) is 0 Å². The van der Waals surface area contributed by atoms with E-state index in [1.54, 1.807) is 12.1 Å². The van der Waals surface area contributed by atoms with Gasteiger partial charge in [0.1, 0.15) is 0 Å². The van der Waals surface area contributed by atoms with Crippen molar-refractivity contribution in [3.63, 3.8) is 0 Å². The molecule has 0 aliphatic carbocycles. The monoisotopic (exact) mass is 401 g/mol. The largest absolute Gasteiger partial charge is 1.00 e. The van der Waals surface area contributed by atoms with Gasteiger partial charge < -0.3 is 24.8 Å². The van der Waals surface area contributed by atoms with Gasteiger partial charge in [-0.3, -0.25) is 0 Å². The molecule has 0 N–H and O–H groups in total. The molecule has 0 atom stereocenters. The Morgan fingerprint density at radius 3 is 1.92 bits per heavy atom. The van der Waals surface area contributed by atoms with Crippen molar-refractivity contribution in [1.82, 2.24) is 0 Å². The molecule has 3 nitrogen and oxygen atoms in total. The third-order valence-electron chi connectivity index (χ3n) is 1.06. The summed E-state index contributed by atoms with van der Waals surface area (Å²) in [5.41, 5.74) is 0.162. The van der Waals surface area contributed by atoms with E-state index in [4.69, 9.17) is 0 Å². The van der Waals surface area contributed by atoms with Gasteiger partial charge in [-0.2, -0.15) is 0 Å². The summed E-state index contributed by atoms with van der Waals surface area (Å²) >= 11 is 1.13. The predicted molar refractivity (Wildman–Crippen MR) is 38.5 cm³/mol. The van der Waals surface area contributed by atoms with E-state index < -0.39 is 4.92 Å². The quantitative estimate of drug-likeness (QED) is 0.267. The molecule has 0 aliphatic heterocycles. The Kier molecular flexibility index (Phi) is 8.01. The molecule has 0 fully saturated rings. The summed E-state index contributed by atoms with van der Waals surface area (Å²) in [6.45, 7) is 0. The maximum Gasteiger partial charge on any atom is -1.00 e. The van der Waals surface area contributed by atoms with Crippen LogP contribution in [0.1, 0.15) is 0 Å². The number of benzene rings is 1. The number of hydrogen-bond donors (Lipinski definition) is 0. The van der Waals surface area contributed by atoms with Crippen LogP contribution in [-0.4, -0.2) is 29.6 Å². The van der Waals surface area contributed by atoms with Crippen LogP contribution in [0.25, 0.3) is 0 Å². The fourth-order valence-electron chi connectivity index (χ4n) is 0.574. The second-order valence-corrected chi connectivity index (χ2v) is 3.78. The SMILES string of the molecule is O=[N+]([O-])c1cc[c]([Bi+2])cc1.[Cl-].[Cl-]. The van der Waals surface area contributed by atoms with Crippen LogP contribution in [0.15, 0.2) is 24.3 Å². The molecular formula is C6H4BiCl2NO2. The van der Waals surface area contributed by atoms with Crippen LogP contribution in [0.4, 0.5) is 5.69 Å². The maximum atomic E-state index is 10.1. The van der Waals surface area contributed by atoms with E-state index in [1.807, 2.05) is 0 Å². The first-order valence-corrected chi connectivity index (χ1v) is 4.37. The van der Waals surface area contributed by atoms with E-state index in [1.165, 1.54) is 12.1 Å². The third kappa shape index (κ3) is 4.19. The summed E-state index contributed by atoms with van der Waals surface area (Å²) in [5.74, 6) is 0. The van der Waals surface area contributed by atoms with Crippen molar-refractivity contribution in [3.05, 3.63) is 34.4 Å². The molecule has 0 saturated carbocycles. The van der Waals surface area contributed by atoms with Gasteiger partial charge in [0.25, 0.3) is 0 Å². The van der Waals surface area contributed by atoms with Gasteiger partial charge in [0, 0.05) is 0 Å². The summed E-state index contributed by atoms with van der Waals surface area (Å²) in [4.78, 5) is 9.74. The molecule has 0 amide bonds. The Hall–Kier alpha value is 0.0831. The molecule has 1 aromatic rings. The normalized spacial score (nSPS) is 7.67. The van der Waals surface area contributed by atoms with Crippen molar-refractivity contribution in [2.75, 3.05) is 0 Å². The van der Waals surface area contributed by atoms with Crippen molar-refractivity contribution >= 4 is 33.7 Å². The molecule has 2 radical (unpaired) electrons. The molecule has 6 heteroatoms. The first kappa shape index (κ1) is 14.6. The van der Waals surface area contributed by atoms with Crippen LogP contribution in [-0.2, 0) is 0 Å². The van der Waals surface area contributed by atoms with Crippen molar-refractivity contribution < 1.29 is 29.7 Å². The number of hydrogen-bond acceptors (Lipinski definition) is 2. The summed E-state index contributed by atoms with van der Waals surface area (Å²) in [5, 5.41) is 10.1. The molecular weight excluding hydrogens is 398 g/mol. The molecule has 0 aromatic heterocycles. The zero-order valence-corrected chi connectivity index (χ0v) is 10.8. The van der Waals surface area contributed by atoms with Gasteiger partial charge in [0.2, 0.25) is 0 Å². The number of non-ortho nitro benzene ring substituents is 1. The van der Waals surface area contributed by atoms with Crippen LogP contribution in [0, 0.1) is 10.1 Å². The Morgan fingerprint density at radius 1 is 1.17 bits per heavy atom. The third-order valence-corrected chi connectivity index (χ3v) is 2.22. The Labute approximate surface area is 97.4 Å². The van der Waals surface area contributed by atoms with E-state index in [2.05, 4.69) is 0 Å². The van der Waals surface area contributed by atoms with Crippen molar-refractivity contribution in [1.29, 1.82) is 0 Å². The van der Waals surface area contributed by atoms with Crippen LogP contribution in [0.2, 0.25) is 0 Å². The number of halogens is 2. The molecule has 0 spiro atoms. The summed E-state index contributed by atoms with van der Waals surface area (Å²) in [6, 6.07) is 6.59. The van der Waals surface area contributed by atoms with E-state index in [-0.39, 0.29) is 30.5 Å². The smallest absolute Gasteiger partial charge is 1.00 e. The maximum absolute atomic E-state index is 10.1. The van der Waals surface area contributed by atoms with Gasteiger partial charge in [-0.15, -0.1) is 0 Å². The minimum Gasteiger partial charge on any atom is -1.00 e. The Bertz CT molecular complexity index is 252. The first-order chi connectivity index (χ1) is 4.70. The number of nitrogens with zero attached hydrogens (tertiary/aromatic N) is 1. The number of rotatable bonds is 1. The minimum absolute atomic E-state index is 0. The first-order valence-electron chi connectivity index (χ1n) is 2.63. The van der Waals surface area contributed by atoms with Crippen molar-refractivity contribution in [2.45, 2.75) is 0 Å². The molecule has 64 valence electrons. The Morgan fingerprint density at radius 2 is 1.58 bits per heavy atom. The van der Waals surface area contributed by atoms with E-state index in [0.717, 1.165) is 28.0 Å². The molecule has 0 heterocycles. The van der Waals surface area contributed by atoms with Gasteiger partial charge in [0.05, 0.1) is 0 Å². The van der Waals surface area contributed by atoms with Crippen molar-refractivity contribution in [2.24, 2.45) is 0 Å². The fourth-order valence-corrected chi connectivity index (χ4v) is 1.15. The van der Waals surface area contributed by atoms with Crippen LogP contribution in [0.5, 0.6) is 0 Å². The van der Waals surface area contributed by atoms with Gasteiger partial charge in [-0.05, 0) is 0 Å². The molecule has 0 aliphatic rings. The zero-order chi connectivity index (χ0) is 7.56. The van der Waals surface area contributed by atoms with Crippen molar-refractivity contribution in [3.8, 4) is 0 Å². The predicted octanol–water partition coefficient (Wildman–Crippen LogP) is -5.60. The second kappa shape index (κ2) is 6.58. The topological polar surface area (TPSA) is 43.1 Å². The van der Waals surface area contributed by atoms with E-state index in [0.29, 0.717) is 0 Å². The average molecular weight is 402 g/mol. The van der Waals surface area contributed by atoms with Gasteiger partial charge >= 0.3 is 73.0 Å². The number of nitro benzene ring substituents is 1. The summed E-state index contributed by atoms with van der Waals surface area (Å²) in [6.07, 6.45) is 0. The summed E-state index contributed by atoms with van der Waals surface area (Å²) in [7, 11) is 0. The molecule has 12 heavy (non-hydrogen) atoms. The standard InChI is InChI=1S/C6H4NO2.Bi.2ClH/c8-7(9)6-4-2-1-3-5-6;;;/h2-5H;;2*1H/q;+2;;/p-2. The van der Waals surface area contributed by atoms with Crippen LogP contribution < -0.4 is 28.1 Å². The van der Waals surface area contributed by atoms with E-state index >= 15 is 0 Å². The average Bonchev–Trinajstić information content (AvgIpc) is 1.88. The fraction of sp³-hybridized carbons (Fsp3) is 0.